The van der Waals surface area contributed by atoms with E-state index >= 15 is 0 Å². The Labute approximate surface area is 198 Å². The SMILES string of the molecule is CCCCC1CCC(C(=O)NC2CCC(C)C(c3cc4cnc(C)cc4n(C)c3=O)C2)CC1. The predicted octanol–water partition coefficient (Wildman–Crippen LogP) is 5.63. The van der Waals surface area contributed by atoms with E-state index < -0.39 is 0 Å². The standard InChI is InChI=1S/C28H41N3O2/c1-5-6-7-20-9-11-21(12-10-20)27(32)30-23-13-8-18(2)24(16-23)25-15-22-17-29-19(3)14-26(22)31(4)28(25)33/h14-15,17-18,20-21,23-24H,5-13,16H2,1-4H3,(H,30,32). The number of nitrogens with zero attached hydrogens (tertiary/aromatic N) is 2. The molecule has 2 saturated carbocycles. The van der Waals surface area contributed by atoms with Crippen LogP contribution in [0.3, 0.4) is 0 Å². The van der Waals surface area contributed by atoms with Crippen LogP contribution in [0.5, 0.6) is 0 Å². The summed E-state index contributed by atoms with van der Waals surface area (Å²) in [5, 5.41) is 4.40. The second-order valence-corrected chi connectivity index (χ2v) is 10.8. The minimum absolute atomic E-state index is 0.0855. The van der Waals surface area contributed by atoms with E-state index in [1.165, 1.54) is 32.1 Å². The van der Waals surface area contributed by atoms with Crippen molar-refractivity contribution >= 4 is 16.8 Å². The Hall–Kier alpha value is -2.17. The van der Waals surface area contributed by atoms with Crippen molar-refractivity contribution in [2.75, 3.05) is 0 Å². The van der Waals surface area contributed by atoms with Crippen LogP contribution >= 0.6 is 0 Å². The van der Waals surface area contributed by atoms with Gasteiger partial charge in [-0.05, 0) is 81.8 Å². The molecule has 2 aromatic rings. The molecule has 2 heterocycles. The van der Waals surface area contributed by atoms with Gasteiger partial charge < -0.3 is 9.88 Å². The summed E-state index contributed by atoms with van der Waals surface area (Å²) >= 11 is 0. The van der Waals surface area contributed by atoms with Gasteiger partial charge in [0, 0.05) is 41.8 Å². The number of unbranched alkanes of at least 4 members (excludes halogenated alkanes) is 1. The number of carbonyl (C=O) groups is 1. The lowest BCUT2D eigenvalue weighted by Gasteiger charge is -2.36. The third kappa shape index (κ3) is 5.33. The number of hydrogen-bond acceptors (Lipinski definition) is 3. The van der Waals surface area contributed by atoms with Gasteiger partial charge in [-0.25, -0.2) is 0 Å². The van der Waals surface area contributed by atoms with E-state index in [4.69, 9.17) is 0 Å². The van der Waals surface area contributed by atoms with Gasteiger partial charge in [-0.3, -0.25) is 14.6 Å². The van der Waals surface area contributed by atoms with Crippen LogP contribution in [0.1, 0.15) is 95.2 Å². The Morgan fingerprint density at radius 1 is 1.15 bits per heavy atom. The van der Waals surface area contributed by atoms with Gasteiger partial charge in [0.05, 0.1) is 5.52 Å². The number of pyridine rings is 2. The average molecular weight is 452 g/mol. The number of aryl methyl sites for hydroxylation is 2. The summed E-state index contributed by atoms with van der Waals surface area (Å²) in [6, 6.07) is 4.19. The van der Waals surface area contributed by atoms with Crippen molar-refractivity contribution in [3.05, 3.63) is 39.9 Å². The van der Waals surface area contributed by atoms with E-state index in [2.05, 4.69) is 24.1 Å². The summed E-state index contributed by atoms with van der Waals surface area (Å²) in [6.07, 6.45) is 13.1. The fourth-order valence-electron chi connectivity index (χ4n) is 6.17. The van der Waals surface area contributed by atoms with Crippen LogP contribution in [0.4, 0.5) is 0 Å². The van der Waals surface area contributed by atoms with Crippen LogP contribution in [0.2, 0.25) is 0 Å². The van der Waals surface area contributed by atoms with Gasteiger partial charge in [-0.1, -0.05) is 33.1 Å². The lowest BCUT2D eigenvalue weighted by molar-refractivity contribution is -0.127. The molecular weight excluding hydrogens is 410 g/mol. The lowest BCUT2D eigenvalue weighted by Crippen LogP contribution is -2.44. The van der Waals surface area contributed by atoms with Gasteiger partial charge in [0.1, 0.15) is 0 Å². The number of carbonyl (C=O) groups excluding carboxylic acids is 1. The molecule has 5 nitrogen and oxygen atoms in total. The third-order valence-electron chi connectivity index (χ3n) is 8.40. The van der Waals surface area contributed by atoms with Crippen molar-refractivity contribution in [1.82, 2.24) is 14.9 Å². The zero-order valence-corrected chi connectivity index (χ0v) is 20.9. The smallest absolute Gasteiger partial charge is 0.254 e. The quantitative estimate of drug-likeness (QED) is 0.619. The van der Waals surface area contributed by atoms with Crippen LogP contribution in [-0.4, -0.2) is 21.5 Å². The molecule has 5 heteroatoms. The second kappa shape index (κ2) is 10.4. The molecule has 0 bridgehead atoms. The van der Waals surface area contributed by atoms with Gasteiger partial charge in [-0.2, -0.15) is 0 Å². The molecule has 1 N–H and O–H groups in total. The summed E-state index contributed by atoms with van der Waals surface area (Å²) in [5.41, 5.74) is 2.80. The summed E-state index contributed by atoms with van der Waals surface area (Å²) in [5.74, 6) is 1.82. The molecule has 0 radical (unpaired) electrons. The Morgan fingerprint density at radius 3 is 2.64 bits per heavy atom. The number of nitrogens with one attached hydrogen (secondary N) is 1. The Bertz CT molecular complexity index is 1040. The molecule has 0 aliphatic heterocycles. The maximum absolute atomic E-state index is 13.3. The monoisotopic (exact) mass is 451 g/mol. The Morgan fingerprint density at radius 2 is 1.91 bits per heavy atom. The first-order valence-electron chi connectivity index (χ1n) is 13.1. The molecule has 0 spiro atoms. The fourth-order valence-corrected chi connectivity index (χ4v) is 6.17. The van der Waals surface area contributed by atoms with Crippen molar-refractivity contribution in [3.8, 4) is 0 Å². The van der Waals surface area contributed by atoms with Gasteiger partial charge in [-0.15, -0.1) is 0 Å². The van der Waals surface area contributed by atoms with Crippen LogP contribution in [0.15, 0.2) is 23.1 Å². The van der Waals surface area contributed by atoms with Crippen molar-refractivity contribution in [3.63, 3.8) is 0 Å². The molecule has 2 fully saturated rings. The van der Waals surface area contributed by atoms with E-state index in [9.17, 15) is 9.59 Å². The average Bonchev–Trinajstić information content (AvgIpc) is 2.82. The molecule has 2 aliphatic carbocycles. The molecular formula is C28H41N3O2. The van der Waals surface area contributed by atoms with E-state index in [-0.39, 0.29) is 29.3 Å². The molecule has 3 atom stereocenters. The summed E-state index contributed by atoms with van der Waals surface area (Å²) in [4.78, 5) is 30.8. The first kappa shape index (κ1) is 24.0. The highest BCUT2D eigenvalue weighted by Crippen LogP contribution is 2.38. The zero-order valence-electron chi connectivity index (χ0n) is 20.9. The molecule has 4 rings (SSSR count). The lowest BCUT2D eigenvalue weighted by atomic mass is 9.74. The maximum atomic E-state index is 13.3. The first-order chi connectivity index (χ1) is 15.9. The summed E-state index contributed by atoms with van der Waals surface area (Å²) in [7, 11) is 1.86. The molecule has 0 aromatic carbocycles. The van der Waals surface area contributed by atoms with E-state index in [1.807, 2.05) is 32.3 Å². The topological polar surface area (TPSA) is 64.0 Å². The zero-order chi connectivity index (χ0) is 23.5. The van der Waals surface area contributed by atoms with Crippen molar-refractivity contribution < 1.29 is 4.79 Å². The number of rotatable bonds is 6. The van der Waals surface area contributed by atoms with Gasteiger partial charge in [0.25, 0.3) is 5.56 Å². The number of amides is 1. The van der Waals surface area contributed by atoms with Crippen molar-refractivity contribution in [1.29, 1.82) is 0 Å². The first-order valence-corrected chi connectivity index (χ1v) is 13.1. The summed E-state index contributed by atoms with van der Waals surface area (Å²) < 4.78 is 1.77. The molecule has 2 aliphatic rings. The number of hydrogen-bond donors (Lipinski definition) is 1. The third-order valence-corrected chi connectivity index (χ3v) is 8.40. The minimum Gasteiger partial charge on any atom is -0.353 e. The fraction of sp³-hybridized carbons (Fsp3) is 0.679. The van der Waals surface area contributed by atoms with Gasteiger partial charge in [0.15, 0.2) is 0 Å². The number of aromatic nitrogens is 2. The minimum atomic E-state index is 0.0855. The van der Waals surface area contributed by atoms with Crippen LogP contribution < -0.4 is 10.9 Å². The summed E-state index contributed by atoms with van der Waals surface area (Å²) in [6.45, 7) is 6.45. The van der Waals surface area contributed by atoms with Gasteiger partial charge >= 0.3 is 0 Å². The normalized spacial score (nSPS) is 28.1. The molecule has 180 valence electrons. The van der Waals surface area contributed by atoms with E-state index in [1.54, 1.807) is 4.57 Å². The largest absolute Gasteiger partial charge is 0.353 e. The van der Waals surface area contributed by atoms with Gasteiger partial charge in [0.2, 0.25) is 5.91 Å². The van der Waals surface area contributed by atoms with E-state index in [0.29, 0.717) is 5.92 Å². The molecule has 3 unspecified atom stereocenters. The highest BCUT2D eigenvalue weighted by atomic mass is 16.2. The molecule has 33 heavy (non-hydrogen) atoms. The maximum Gasteiger partial charge on any atom is 0.254 e. The number of fused-ring (bicyclic) bond motifs is 1. The van der Waals surface area contributed by atoms with Crippen molar-refractivity contribution in [2.24, 2.45) is 24.8 Å². The van der Waals surface area contributed by atoms with Crippen molar-refractivity contribution in [2.45, 2.75) is 96.9 Å². The van der Waals surface area contributed by atoms with Crippen LogP contribution in [0, 0.1) is 24.7 Å². The van der Waals surface area contributed by atoms with E-state index in [0.717, 1.165) is 60.2 Å². The molecule has 2 aromatic heterocycles. The van der Waals surface area contributed by atoms with Crippen LogP contribution in [0.25, 0.3) is 10.9 Å². The predicted molar refractivity (Wildman–Crippen MR) is 134 cm³/mol. The Kier molecular flexibility index (Phi) is 7.55. The highest BCUT2D eigenvalue weighted by Gasteiger charge is 2.33. The second-order valence-electron chi connectivity index (χ2n) is 10.8. The van der Waals surface area contributed by atoms with Crippen LogP contribution in [-0.2, 0) is 11.8 Å². The Balaban J connectivity index is 1.44. The molecule has 0 saturated heterocycles. The molecule has 1 amide bonds. The highest BCUT2D eigenvalue weighted by molar-refractivity contribution is 5.80.